The van der Waals surface area contributed by atoms with Crippen LogP contribution in [0.15, 0.2) is 4.36 Å². The SMILES string of the molecule is C.O=C(Cl)N=S(=O)=O. The van der Waals surface area contributed by atoms with Crippen molar-refractivity contribution < 1.29 is 13.2 Å². The van der Waals surface area contributed by atoms with Crippen molar-refractivity contribution in [1.29, 1.82) is 0 Å². The second-order valence-corrected chi connectivity index (χ2v) is 1.50. The van der Waals surface area contributed by atoms with Crippen LogP contribution in [0.3, 0.4) is 0 Å². The molecular formula is C2H4ClNO3S. The van der Waals surface area contributed by atoms with E-state index in [1.165, 1.54) is 0 Å². The van der Waals surface area contributed by atoms with E-state index in [2.05, 4.69) is 16.0 Å². The summed E-state index contributed by atoms with van der Waals surface area (Å²) in [6.07, 6.45) is 0. The average molecular weight is 158 g/mol. The number of hydrogen-bond acceptors (Lipinski definition) is 3. The molecule has 0 bridgehead atoms. The summed E-state index contributed by atoms with van der Waals surface area (Å²) in [7, 11) is -2.70. The van der Waals surface area contributed by atoms with Gasteiger partial charge in [0, 0.05) is 0 Å². The molecule has 0 rings (SSSR count). The van der Waals surface area contributed by atoms with Gasteiger partial charge in [0.1, 0.15) is 0 Å². The first-order valence-electron chi connectivity index (χ1n) is 1.13. The fraction of sp³-hybridized carbons (Fsp3) is 0.500. The summed E-state index contributed by atoms with van der Waals surface area (Å²) < 4.78 is 21.0. The molecule has 0 saturated heterocycles. The fourth-order valence-electron chi connectivity index (χ4n) is 0.0586. The largest absolute Gasteiger partial charge is 0.354 e. The van der Waals surface area contributed by atoms with Gasteiger partial charge in [0.15, 0.2) is 0 Å². The molecule has 0 N–H and O–H groups in total. The lowest BCUT2D eigenvalue weighted by Gasteiger charge is -1.58. The van der Waals surface area contributed by atoms with E-state index in [1.807, 2.05) is 0 Å². The maximum absolute atomic E-state index is 9.46. The first-order valence-corrected chi connectivity index (χ1v) is 2.54. The molecule has 0 aliphatic carbocycles. The standard InChI is InChI=1S/CClNO3S.CH4/c2-1(4)3-7(5)6;/h;1H4. The van der Waals surface area contributed by atoms with Crippen LogP contribution in [-0.2, 0) is 10.5 Å². The Kier molecular flexibility index (Phi) is 6.23. The van der Waals surface area contributed by atoms with E-state index in [0.717, 1.165) is 0 Å². The Labute approximate surface area is 53.2 Å². The Bertz CT molecular complexity index is 185. The molecule has 0 atom stereocenters. The van der Waals surface area contributed by atoms with E-state index >= 15 is 0 Å². The number of halogens is 1. The van der Waals surface area contributed by atoms with Crippen molar-refractivity contribution >= 4 is 27.5 Å². The number of rotatable bonds is 0. The lowest BCUT2D eigenvalue weighted by Crippen LogP contribution is -1.68. The number of amides is 1. The molecule has 0 unspecified atom stereocenters. The topological polar surface area (TPSA) is 63.6 Å². The highest BCUT2D eigenvalue weighted by Gasteiger charge is 1.84. The average Bonchev–Trinajstić information content (AvgIpc) is 1.27. The maximum Gasteiger partial charge on any atom is 0.354 e. The summed E-state index contributed by atoms with van der Waals surface area (Å²) in [5, 5.41) is -1.23. The molecule has 48 valence electrons. The Hall–Kier alpha value is -0.420. The molecule has 0 aromatic heterocycles. The van der Waals surface area contributed by atoms with Crippen LogP contribution in [0.2, 0.25) is 0 Å². The van der Waals surface area contributed by atoms with E-state index in [-0.39, 0.29) is 7.43 Å². The van der Waals surface area contributed by atoms with Crippen molar-refractivity contribution in [3.63, 3.8) is 0 Å². The number of carbonyl (C=O) groups excluding carboxylic acids is 1. The summed E-state index contributed by atoms with van der Waals surface area (Å²) in [4.78, 5) is 9.46. The zero-order valence-electron chi connectivity index (χ0n) is 2.96. The van der Waals surface area contributed by atoms with Crippen molar-refractivity contribution in [2.24, 2.45) is 4.36 Å². The zero-order chi connectivity index (χ0) is 5.86. The number of hydrogen-bond donors (Lipinski definition) is 0. The van der Waals surface area contributed by atoms with Crippen LogP contribution in [-0.4, -0.2) is 13.8 Å². The van der Waals surface area contributed by atoms with Crippen LogP contribution in [0, 0.1) is 0 Å². The molecule has 0 fully saturated rings. The van der Waals surface area contributed by atoms with E-state index in [1.54, 1.807) is 0 Å². The van der Waals surface area contributed by atoms with Crippen molar-refractivity contribution in [2.45, 2.75) is 7.43 Å². The first kappa shape index (κ1) is 10.5. The summed E-state index contributed by atoms with van der Waals surface area (Å²) in [5.41, 5.74) is 0. The van der Waals surface area contributed by atoms with E-state index < -0.39 is 15.9 Å². The summed E-state index contributed by atoms with van der Waals surface area (Å²) >= 11 is 4.47. The van der Waals surface area contributed by atoms with E-state index in [0.29, 0.717) is 0 Å². The third kappa shape index (κ3) is 9.13. The number of carbonyl (C=O) groups is 1. The lowest BCUT2D eigenvalue weighted by atomic mass is 11.5. The molecule has 8 heavy (non-hydrogen) atoms. The first-order chi connectivity index (χ1) is 3.13. The second kappa shape index (κ2) is 4.73. The summed E-state index contributed by atoms with van der Waals surface area (Å²) in [5.74, 6) is 0. The third-order valence-electron chi connectivity index (χ3n) is 0.146. The third-order valence-corrected chi connectivity index (χ3v) is 0.646. The van der Waals surface area contributed by atoms with Gasteiger partial charge in [-0.3, -0.25) is 4.79 Å². The van der Waals surface area contributed by atoms with Crippen LogP contribution >= 0.6 is 11.6 Å². The van der Waals surface area contributed by atoms with Crippen LogP contribution < -0.4 is 0 Å². The summed E-state index contributed by atoms with van der Waals surface area (Å²) in [6, 6.07) is 0. The van der Waals surface area contributed by atoms with Crippen molar-refractivity contribution in [3.8, 4) is 0 Å². The molecule has 0 aromatic carbocycles. The van der Waals surface area contributed by atoms with Gasteiger partial charge < -0.3 is 0 Å². The minimum atomic E-state index is -2.70. The molecule has 6 heteroatoms. The van der Waals surface area contributed by atoms with Gasteiger partial charge in [-0.05, 0) is 11.6 Å². The molecule has 0 radical (unpaired) electrons. The number of nitrogens with zero attached hydrogens (tertiary/aromatic N) is 1. The van der Waals surface area contributed by atoms with Gasteiger partial charge in [-0.15, -0.1) is 0 Å². The monoisotopic (exact) mass is 157 g/mol. The second-order valence-electron chi connectivity index (χ2n) is 0.561. The highest BCUT2D eigenvalue weighted by atomic mass is 35.5. The minimum absolute atomic E-state index is 0. The molecule has 0 saturated carbocycles. The van der Waals surface area contributed by atoms with E-state index in [4.69, 9.17) is 0 Å². The molecule has 0 spiro atoms. The van der Waals surface area contributed by atoms with Crippen molar-refractivity contribution in [2.75, 3.05) is 0 Å². The highest BCUT2D eigenvalue weighted by molar-refractivity contribution is 7.62. The Morgan fingerprint density at radius 2 is 1.88 bits per heavy atom. The normalized spacial score (nSPS) is 6.62. The van der Waals surface area contributed by atoms with Gasteiger partial charge in [0.25, 0.3) is 0 Å². The predicted molar refractivity (Wildman–Crippen MR) is 29.3 cm³/mol. The lowest BCUT2D eigenvalue weighted by molar-refractivity contribution is 0.267. The Balaban J connectivity index is 0. The molecular weight excluding hydrogens is 154 g/mol. The minimum Gasteiger partial charge on any atom is -0.252 e. The quantitative estimate of drug-likeness (QED) is 0.390. The van der Waals surface area contributed by atoms with Gasteiger partial charge in [0.05, 0.1) is 0 Å². The van der Waals surface area contributed by atoms with E-state index in [9.17, 15) is 13.2 Å². The maximum atomic E-state index is 9.46. The summed E-state index contributed by atoms with van der Waals surface area (Å²) in [6.45, 7) is 0. The molecule has 1 amide bonds. The van der Waals surface area contributed by atoms with Gasteiger partial charge in [-0.2, -0.15) is 8.42 Å². The van der Waals surface area contributed by atoms with Gasteiger partial charge in [0.2, 0.25) is 0 Å². The molecule has 0 heterocycles. The smallest absolute Gasteiger partial charge is 0.252 e. The Morgan fingerprint density at radius 1 is 1.50 bits per heavy atom. The van der Waals surface area contributed by atoms with Crippen molar-refractivity contribution in [3.05, 3.63) is 0 Å². The van der Waals surface area contributed by atoms with Crippen LogP contribution in [0.5, 0.6) is 0 Å². The molecule has 0 aliphatic heterocycles. The van der Waals surface area contributed by atoms with Gasteiger partial charge in [-0.25, -0.2) is 0 Å². The van der Waals surface area contributed by atoms with Gasteiger partial charge in [-0.1, -0.05) is 11.8 Å². The van der Waals surface area contributed by atoms with Crippen LogP contribution in [0.1, 0.15) is 7.43 Å². The fourth-order valence-corrected chi connectivity index (χ4v) is 0.345. The molecule has 0 aromatic rings. The predicted octanol–water partition coefficient (Wildman–Crippen LogP) is 1.04. The molecule has 4 nitrogen and oxygen atoms in total. The van der Waals surface area contributed by atoms with Crippen molar-refractivity contribution in [1.82, 2.24) is 0 Å². The highest BCUT2D eigenvalue weighted by Crippen LogP contribution is 1.80. The van der Waals surface area contributed by atoms with Gasteiger partial charge >= 0.3 is 15.9 Å². The van der Waals surface area contributed by atoms with Crippen LogP contribution in [0.25, 0.3) is 0 Å². The molecule has 0 aliphatic rings. The zero-order valence-corrected chi connectivity index (χ0v) is 4.53. The Morgan fingerprint density at radius 3 is 1.88 bits per heavy atom. The van der Waals surface area contributed by atoms with Crippen LogP contribution in [0.4, 0.5) is 4.79 Å².